The predicted octanol–water partition coefficient (Wildman–Crippen LogP) is 4.61. The Morgan fingerprint density at radius 2 is 1.54 bits per heavy atom. The number of cyclic esters (lactones) is 1. The topological polar surface area (TPSA) is 81.8 Å². The summed E-state index contributed by atoms with van der Waals surface area (Å²) in [4.78, 5) is 26.8. The summed E-state index contributed by atoms with van der Waals surface area (Å²) in [6.07, 6.45) is 1.47. The number of rotatable bonds is 4. The third kappa shape index (κ3) is 3.57. The van der Waals surface area contributed by atoms with Crippen molar-refractivity contribution in [2.24, 2.45) is 4.99 Å². The highest BCUT2D eigenvalue weighted by Gasteiger charge is 2.24. The van der Waals surface area contributed by atoms with Crippen LogP contribution in [0.15, 0.2) is 89.6 Å². The van der Waals surface area contributed by atoms with E-state index in [-0.39, 0.29) is 17.3 Å². The molecular weight excluding hydrogens is 356 g/mol. The van der Waals surface area contributed by atoms with E-state index in [0.717, 1.165) is 11.1 Å². The number of esters is 1. The van der Waals surface area contributed by atoms with E-state index in [9.17, 15) is 14.9 Å². The molecule has 4 rings (SSSR count). The summed E-state index contributed by atoms with van der Waals surface area (Å²) >= 11 is 0. The third-order valence-corrected chi connectivity index (χ3v) is 4.24. The number of carbonyl (C=O) groups excluding carboxylic acids is 1. The monoisotopic (exact) mass is 370 g/mol. The molecule has 1 heterocycles. The van der Waals surface area contributed by atoms with Crippen LogP contribution >= 0.6 is 0 Å². The van der Waals surface area contributed by atoms with E-state index in [4.69, 9.17) is 4.74 Å². The molecule has 0 saturated heterocycles. The van der Waals surface area contributed by atoms with E-state index in [1.54, 1.807) is 12.1 Å². The summed E-state index contributed by atoms with van der Waals surface area (Å²) in [5.41, 5.74) is 3.36. The van der Waals surface area contributed by atoms with Crippen LogP contribution in [0.4, 0.5) is 5.69 Å². The van der Waals surface area contributed by atoms with Crippen LogP contribution < -0.4 is 0 Å². The van der Waals surface area contributed by atoms with Crippen LogP contribution in [0.3, 0.4) is 0 Å². The number of nitro benzene ring substituents is 1. The van der Waals surface area contributed by atoms with Gasteiger partial charge in [-0.15, -0.1) is 0 Å². The minimum absolute atomic E-state index is 0.0542. The second-order valence-corrected chi connectivity index (χ2v) is 6.13. The molecule has 3 aromatic carbocycles. The van der Waals surface area contributed by atoms with Crippen LogP contribution in [0.25, 0.3) is 17.2 Å². The number of hydrogen-bond acceptors (Lipinski definition) is 5. The average molecular weight is 370 g/mol. The molecule has 0 spiro atoms. The van der Waals surface area contributed by atoms with Crippen molar-refractivity contribution in [2.45, 2.75) is 0 Å². The van der Waals surface area contributed by atoms with Crippen LogP contribution in [0.2, 0.25) is 0 Å². The van der Waals surface area contributed by atoms with Gasteiger partial charge in [0.15, 0.2) is 5.70 Å². The number of nitro groups is 1. The van der Waals surface area contributed by atoms with Crippen molar-refractivity contribution < 1.29 is 14.5 Å². The molecule has 0 atom stereocenters. The highest BCUT2D eigenvalue weighted by atomic mass is 16.6. The van der Waals surface area contributed by atoms with Gasteiger partial charge in [0.25, 0.3) is 5.69 Å². The van der Waals surface area contributed by atoms with Crippen LogP contribution in [0, 0.1) is 10.1 Å². The number of aliphatic imine (C=N–C) groups is 1. The van der Waals surface area contributed by atoms with Gasteiger partial charge in [0, 0.05) is 17.7 Å². The Morgan fingerprint density at radius 3 is 2.25 bits per heavy atom. The molecule has 3 aromatic rings. The highest BCUT2D eigenvalue weighted by Crippen LogP contribution is 2.23. The van der Waals surface area contributed by atoms with Crippen LogP contribution in [-0.4, -0.2) is 16.8 Å². The van der Waals surface area contributed by atoms with E-state index >= 15 is 0 Å². The quantitative estimate of drug-likeness (QED) is 0.291. The lowest BCUT2D eigenvalue weighted by Gasteiger charge is -2.03. The van der Waals surface area contributed by atoms with Crippen LogP contribution in [0.1, 0.15) is 11.1 Å². The summed E-state index contributed by atoms with van der Waals surface area (Å²) in [6.45, 7) is 0. The molecule has 28 heavy (non-hydrogen) atoms. The first-order chi connectivity index (χ1) is 13.6. The zero-order valence-electron chi connectivity index (χ0n) is 14.6. The van der Waals surface area contributed by atoms with Crippen molar-refractivity contribution in [1.82, 2.24) is 0 Å². The molecule has 0 saturated carbocycles. The summed E-state index contributed by atoms with van der Waals surface area (Å²) in [5.74, 6) is -0.380. The smallest absolute Gasteiger partial charge is 0.363 e. The fourth-order valence-corrected chi connectivity index (χ4v) is 2.85. The lowest BCUT2D eigenvalue weighted by molar-refractivity contribution is -0.384. The van der Waals surface area contributed by atoms with Gasteiger partial charge in [-0.05, 0) is 34.9 Å². The zero-order chi connectivity index (χ0) is 19.5. The standard InChI is InChI=1S/C22H14N2O4/c25-22-20(14-15-5-4-8-19(13-15)24(26)27)23-21(28-22)18-11-9-17(10-12-18)16-6-2-1-3-7-16/h1-14H. The molecule has 0 N–H and O–H groups in total. The third-order valence-electron chi connectivity index (χ3n) is 4.24. The molecular formula is C22H14N2O4. The van der Waals surface area contributed by atoms with E-state index in [2.05, 4.69) is 4.99 Å². The first-order valence-electron chi connectivity index (χ1n) is 8.53. The Hall–Kier alpha value is -4.06. The predicted molar refractivity (Wildman–Crippen MR) is 106 cm³/mol. The van der Waals surface area contributed by atoms with Gasteiger partial charge in [0.1, 0.15) is 0 Å². The fraction of sp³-hybridized carbons (Fsp3) is 0. The van der Waals surface area contributed by atoms with Gasteiger partial charge >= 0.3 is 5.97 Å². The number of hydrogen-bond donors (Lipinski definition) is 0. The number of benzene rings is 3. The molecule has 136 valence electrons. The first-order valence-corrected chi connectivity index (χ1v) is 8.53. The normalized spacial score (nSPS) is 14.6. The maximum Gasteiger partial charge on any atom is 0.363 e. The van der Waals surface area contributed by atoms with Gasteiger partial charge < -0.3 is 4.74 Å². The largest absolute Gasteiger partial charge is 0.402 e. The summed E-state index contributed by atoms with van der Waals surface area (Å²) in [7, 11) is 0. The molecule has 0 radical (unpaired) electrons. The van der Waals surface area contributed by atoms with E-state index in [1.165, 1.54) is 18.2 Å². The van der Waals surface area contributed by atoms with Crippen molar-refractivity contribution in [3.63, 3.8) is 0 Å². The van der Waals surface area contributed by atoms with E-state index in [1.807, 2.05) is 54.6 Å². The van der Waals surface area contributed by atoms with Gasteiger partial charge in [0.05, 0.1) is 4.92 Å². The van der Waals surface area contributed by atoms with Gasteiger partial charge in [0.2, 0.25) is 5.90 Å². The Kier molecular flexibility index (Phi) is 4.51. The van der Waals surface area contributed by atoms with Crippen molar-refractivity contribution in [1.29, 1.82) is 0 Å². The second-order valence-electron chi connectivity index (χ2n) is 6.13. The first kappa shape index (κ1) is 17.4. The van der Waals surface area contributed by atoms with Crippen molar-refractivity contribution in [3.05, 3.63) is 106 Å². The summed E-state index contributed by atoms with van der Waals surface area (Å²) < 4.78 is 5.26. The van der Waals surface area contributed by atoms with Gasteiger partial charge in [-0.25, -0.2) is 9.79 Å². The number of nitrogens with zero attached hydrogens (tertiary/aromatic N) is 2. The minimum atomic E-state index is -0.589. The maximum absolute atomic E-state index is 12.1. The summed E-state index contributed by atoms with van der Waals surface area (Å²) in [5, 5.41) is 10.9. The molecule has 6 heteroatoms. The number of ether oxygens (including phenoxy) is 1. The maximum atomic E-state index is 12.1. The fourth-order valence-electron chi connectivity index (χ4n) is 2.85. The molecule has 0 bridgehead atoms. The SMILES string of the molecule is O=C1OC(c2ccc(-c3ccccc3)cc2)=NC1=Cc1cccc([N+](=O)[O-])c1. The Bertz CT molecular complexity index is 1120. The molecule has 0 aromatic heterocycles. The number of non-ortho nitro benzene ring substituents is 1. The lowest BCUT2D eigenvalue weighted by Crippen LogP contribution is -2.05. The molecule has 1 aliphatic rings. The Balaban J connectivity index is 1.61. The van der Waals surface area contributed by atoms with Gasteiger partial charge in [-0.1, -0.05) is 54.6 Å². The molecule has 0 fully saturated rings. The molecule has 1 aliphatic heterocycles. The van der Waals surface area contributed by atoms with E-state index < -0.39 is 10.9 Å². The molecule has 0 unspecified atom stereocenters. The molecule has 0 amide bonds. The molecule has 6 nitrogen and oxygen atoms in total. The van der Waals surface area contributed by atoms with Crippen molar-refractivity contribution in [2.75, 3.05) is 0 Å². The highest BCUT2D eigenvalue weighted by molar-refractivity contribution is 6.13. The second kappa shape index (κ2) is 7.28. The van der Waals surface area contributed by atoms with Crippen LogP contribution in [0.5, 0.6) is 0 Å². The Labute approximate surface area is 160 Å². The average Bonchev–Trinajstić information content (AvgIpc) is 3.09. The van der Waals surface area contributed by atoms with Crippen LogP contribution in [-0.2, 0) is 9.53 Å². The molecule has 0 aliphatic carbocycles. The zero-order valence-corrected chi connectivity index (χ0v) is 14.6. The van der Waals surface area contributed by atoms with Crippen molar-refractivity contribution in [3.8, 4) is 11.1 Å². The lowest BCUT2D eigenvalue weighted by atomic mass is 10.0. The van der Waals surface area contributed by atoms with Gasteiger partial charge in [-0.3, -0.25) is 10.1 Å². The minimum Gasteiger partial charge on any atom is -0.402 e. The van der Waals surface area contributed by atoms with E-state index in [0.29, 0.717) is 11.1 Å². The number of carbonyl (C=O) groups is 1. The Morgan fingerprint density at radius 1 is 0.857 bits per heavy atom. The summed E-state index contributed by atoms with van der Waals surface area (Å²) in [6, 6.07) is 23.5. The van der Waals surface area contributed by atoms with Gasteiger partial charge in [-0.2, -0.15) is 0 Å². The van der Waals surface area contributed by atoms with Crippen molar-refractivity contribution >= 4 is 23.6 Å².